The summed E-state index contributed by atoms with van der Waals surface area (Å²) in [7, 11) is 0. The summed E-state index contributed by atoms with van der Waals surface area (Å²) in [4.78, 5) is 12.7. The van der Waals surface area contributed by atoms with Crippen LogP contribution in [0.5, 0.6) is 0 Å². The molecule has 0 spiro atoms. The van der Waals surface area contributed by atoms with E-state index in [1.165, 1.54) is 5.56 Å². The molecule has 0 saturated carbocycles. The molecule has 0 bridgehead atoms. The Morgan fingerprint density at radius 3 is 2.55 bits per heavy atom. The van der Waals surface area contributed by atoms with Crippen LogP contribution in [0.15, 0.2) is 48.5 Å². The molecule has 0 radical (unpaired) electrons. The van der Waals surface area contributed by atoms with Crippen LogP contribution in [0.2, 0.25) is 5.02 Å². The predicted octanol–water partition coefficient (Wildman–Crippen LogP) is 5.83. The van der Waals surface area contributed by atoms with E-state index in [1.54, 1.807) is 0 Å². The van der Waals surface area contributed by atoms with Gasteiger partial charge in [-0.3, -0.25) is 14.5 Å². The maximum atomic E-state index is 12.7. The van der Waals surface area contributed by atoms with Crippen LogP contribution in [0, 0.1) is 11.7 Å². The highest BCUT2D eigenvalue weighted by molar-refractivity contribution is 7.71. The SMILES string of the molecule is CCC(CC)(CNC(=O)CCn1c(-c2cccc(C)c2)n[nH]c1=S)c1ccc(Cl)cc1. The van der Waals surface area contributed by atoms with Gasteiger partial charge in [-0.05, 0) is 55.7 Å². The predicted molar refractivity (Wildman–Crippen MR) is 129 cm³/mol. The van der Waals surface area contributed by atoms with E-state index in [4.69, 9.17) is 23.8 Å². The van der Waals surface area contributed by atoms with Gasteiger partial charge in [-0.25, -0.2) is 0 Å². The van der Waals surface area contributed by atoms with Crippen molar-refractivity contribution in [3.63, 3.8) is 0 Å². The fourth-order valence-electron chi connectivity index (χ4n) is 3.91. The molecule has 2 aromatic carbocycles. The molecular weight excluding hydrogens is 428 g/mol. The van der Waals surface area contributed by atoms with Crippen LogP contribution in [0.3, 0.4) is 0 Å². The van der Waals surface area contributed by atoms with Gasteiger partial charge < -0.3 is 5.32 Å². The van der Waals surface area contributed by atoms with Crippen molar-refractivity contribution in [2.45, 2.75) is 52.0 Å². The van der Waals surface area contributed by atoms with Gasteiger partial charge in [0.25, 0.3) is 0 Å². The molecule has 1 heterocycles. The van der Waals surface area contributed by atoms with Gasteiger partial charge in [0.1, 0.15) is 0 Å². The number of nitrogens with one attached hydrogen (secondary N) is 2. The van der Waals surface area contributed by atoms with Gasteiger partial charge in [-0.2, -0.15) is 5.10 Å². The third-order valence-corrected chi connectivity index (χ3v) is 6.59. The first-order valence-corrected chi connectivity index (χ1v) is 11.4. The van der Waals surface area contributed by atoms with Gasteiger partial charge in [0.05, 0.1) is 0 Å². The zero-order chi connectivity index (χ0) is 22.4. The number of rotatable bonds is 9. The van der Waals surface area contributed by atoms with E-state index in [0.717, 1.165) is 34.8 Å². The summed E-state index contributed by atoms with van der Waals surface area (Å²) in [6.45, 7) is 7.40. The number of aryl methyl sites for hydroxylation is 1. The largest absolute Gasteiger partial charge is 0.355 e. The highest BCUT2D eigenvalue weighted by atomic mass is 35.5. The zero-order valence-electron chi connectivity index (χ0n) is 18.2. The Morgan fingerprint density at radius 1 is 1.19 bits per heavy atom. The molecule has 3 rings (SSSR count). The molecule has 0 aliphatic carbocycles. The minimum absolute atomic E-state index is 0.00136. The molecule has 7 heteroatoms. The monoisotopic (exact) mass is 456 g/mol. The Morgan fingerprint density at radius 2 is 1.90 bits per heavy atom. The Kier molecular flexibility index (Phi) is 7.68. The molecule has 0 aliphatic rings. The number of hydrogen-bond donors (Lipinski definition) is 2. The number of halogens is 1. The van der Waals surface area contributed by atoms with Crippen molar-refractivity contribution >= 4 is 29.7 Å². The van der Waals surface area contributed by atoms with E-state index in [2.05, 4.69) is 47.6 Å². The van der Waals surface area contributed by atoms with Crippen molar-refractivity contribution in [2.75, 3.05) is 6.54 Å². The highest BCUT2D eigenvalue weighted by Gasteiger charge is 2.29. The molecule has 3 aromatic rings. The molecule has 5 nitrogen and oxygen atoms in total. The normalized spacial score (nSPS) is 11.5. The second-order valence-corrected chi connectivity index (χ2v) is 8.72. The fourth-order valence-corrected chi connectivity index (χ4v) is 4.26. The van der Waals surface area contributed by atoms with E-state index in [0.29, 0.717) is 24.3 Å². The number of nitrogens with zero attached hydrogens (tertiary/aromatic N) is 2. The number of aromatic amines is 1. The van der Waals surface area contributed by atoms with Crippen molar-refractivity contribution in [2.24, 2.45) is 0 Å². The zero-order valence-corrected chi connectivity index (χ0v) is 19.8. The smallest absolute Gasteiger partial charge is 0.221 e. The van der Waals surface area contributed by atoms with E-state index in [-0.39, 0.29) is 11.3 Å². The third-order valence-electron chi connectivity index (χ3n) is 6.03. The summed E-state index contributed by atoms with van der Waals surface area (Å²) in [6, 6.07) is 16.0. The highest BCUT2D eigenvalue weighted by Crippen LogP contribution is 2.32. The van der Waals surface area contributed by atoms with E-state index >= 15 is 0 Å². The van der Waals surface area contributed by atoms with Gasteiger partial charge >= 0.3 is 0 Å². The first-order valence-electron chi connectivity index (χ1n) is 10.6. The van der Waals surface area contributed by atoms with E-state index < -0.39 is 0 Å². The van der Waals surface area contributed by atoms with Crippen LogP contribution >= 0.6 is 23.8 Å². The van der Waals surface area contributed by atoms with Gasteiger partial charge in [-0.1, -0.05) is 61.3 Å². The molecule has 0 aliphatic heterocycles. The third kappa shape index (κ3) is 5.43. The maximum Gasteiger partial charge on any atom is 0.221 e. The van der Waals surface area contributed by atoms with Crippen molar-refractivity contribution in [1.29, 1.82) is 0 Å². The number of carbonyl (C=O) groups is 1. The average Bonchev–Trinajstić information content (AvgIpc) is 3.14. The molecule has 0 saturated heterocycles. The molecule has 164 valence electrons. The lowest BCUT2D eigenvalue weighted by Gasteiger charge is -2.32. The number of aromatic nitrogens is 3. The van der Waals surface area contributed by atoms with Crippen LogP contribution in [0.1, 0.15) is 44.2 Å². The number of carbonyl (C=O) groups excluding carboxylic acids is 1. The number of amides is 1. The topological polar surface area (TPSA) is 62.7 Å². The summed E-state index contributed by atoms with van der Waals surface area (Å²) in [5.41, 5.74) is 3.21. The number of benzene rings is 2. The number of hydrogen-bond acceptors (Lipinski definition) is 3. The fraction of sp³-hybridized carbons (Fsp3) is 0.375. The molecule has 0 atom stereocenters. The molecule has 0 fully saturated rings. The molecular formula is C24H29ClN4OS. The Hall–Kier alpha value is -2.44. The van der Waals surface area contributed by atoms with Gasteiger partial charge in [0.15, 0.2) is 10.6 Å². The lowest BCUT2D eigenvalue weighted by atomic mass is 9.76. The summed E-state index contributed by atoms with van der Waals surface area (Å²) < 4.78 is 2.40. The van der Waals surface area contributed by atoms with Crippen molar-refractivity contribution in [3.8, 4) is 11.4 Å². The van der Waals surface area contributed by atoms with Crippen LogP contribution in [-0.2, 0) is 16.8 Å². The maximum absolute atomic E-state index is 12.7. The van der Waals surface area contributed by atoms with Gasteiger partial charge in [0.2, 0.25) is 5.91 Å². The Labute approximate surface area is 193 Å². The summed E-state index contributed by atoms with van der Waals surface area (Å²) in [5.74, 6) is 0.748. The standard InChI is InChI=1S/C24H29ClN4OS/c1-4-24(5-2,19-9-11-20(25)12-10-19)16-26-21(30)13-14-29-22(27-28-23(29)31)18-8-6-7-17(3)15-18/h6-12,15H,4-5,13-14,16H2,1-3H3,(H,26,30)(H,28,31). The van der Waals surface area contributed by atoms with Crippen molar-refractivity contribution < 1.29 is 4.79 Å². The lowest BCUT2D eigenvalue weighted by Crippen LogP contribution is -2.40. The van der Waals surface area contributed by atoms with E-state index in [9.17, 15) is 4.79 Å². The van der Waals surface area contributed by atoms with Crippen molar-refractivity contribution in [3.05, 3.63) is 69.5 Å². The summed E-state index contributed by atoms with van der Waals surface area (Å²) in [6.07, 6.45) is 2.18. The Balaban J connectivity index is 1.67. The van der Waals surface area contributed by atoms with Crippen LogP contribution in [-0.4, -0.2) is 27.2 Å². The summed E-state index contributed by atoms with van der Waals surface area (Å²) in [5, 5.41) is 11.1. The second-order valence-electron chi connectivity index (χ2n) is 7.89. The first-order chi connectivity index (χ1) is 14.9. The molecule has 2 N–H and O–H groups in total. The van der Waals surface area contributed by atoms with Crippen molar-refractivity contribution in [1.82, 2.24) is 20.1 Å². The minimum atomic E-state index is -0.112. The molecule has 1 aromatic heterocycles. The molecule has 1 amide bonds. The van der Waals surface area contributed by atoms with Crippen LogP contribution < -0.4 is 5.32 Å². The quantitative estimate of drug-likeness (QED) is 0.398. The van der Waals surface area contributed by atoms with E-state index in [1.807, 2.05) is 41.8 Å². The second kappa shape index (κ2) is 10.2. The molecule has 31 heavy (non-hydrogen) atoms. The van der Waals surface area contributed by atoms with Gasteiger partial charge in [-0.15, -0.1) is 0 Å². The number of H-pyrrole nitrogens is 1. The lowest BCUT2D eigenvalue weighted by molar-refractivity contribution is -0.121. The Bertz CT molecular complexity index is 1080. The molecule has 0 unspecified atom stereocenters. The first kappa shape index (κ1) is 23.2. The summed E-state index contributed by atoms with van der Waals surface area (Å²) >= 11 is 11.5. The minimum Gasteiger partial charge on any atom is -0.355 e. The average molecular weight is 457 g/mol. The van der Waals surface area contributed by atoms with Crippen LogP contribution in [0.4, 0.5) is 0 Å². The van der Waals surface area contributed by atoms with Crippen LogP contribution in [0.25, 0.3) is 11.4 Å². The van der Waals surface area contributed by atoms with Gasteiger partial charge in [0, 0.05) is 35.5 Å².